The number of allylic oxidation sites excluding steroid dienone is 6. The largest absolute Gasteiger partial charge is 0.512 e. The molecule has 0 fully saturated rings. The maximum Gasteiger partial charge on any atom is 0.174 e. The molecule has 6 heterocycles. The molecule has 0 aliphatic carbocycles. The van der Waals surface area contributed by atoms with Gasteiger partial charge >= 0.3 is 0 Å². The molecule has 0 atom stereocenters. The molecule has 573 valence electrons. The van der Waals surface area contributed by atoms with Gasteiger partial charge in [-0.3, -0.25) is 44.3 Å². The van der Waals surface area contributed by atoms with Crippen molar-refractivity contribution in [2.75, 3.05) is 0 Å². The van der Waals surface area contributed by atoms with Crippen LogP contribution < -0.4 is 0 Å². The summed E-state index contributed by atoms with van der Waals surface area (Å²) >= 11 is 0. The zero-order valence-electron chi connectivity index (χ0n) is 64.7. The van der Waals surface area contributed by atoms with Gasteiger partial charge in [0.05, 0.1) is 84.5 Å². The minimum absolute atomic E-state index is 0. The molecule has 12 aromatic carbocycles. The van der Waals surface area contributed by atoms with Crippen molar-refractivity contribution in [2.24, 2.45) is 0 Å². The van der Waals surface area contributed by atoms with Gasteiger partial charge in [-0.25, -0.2) is 0 Å². The molecule has 0 aliphatic rings. The molecule has 0 unspecified atom stereocenters. The first-order valence-electron chi connectivity index (χ1n) is 38.7. The van der Waals surface area contributed by atoms with Crippen LogP contribution in [-0.4, -0.2) is 62.6 Å². The summed E-state index contributed by atoms with van der Waals surface area (Å²) in [5, 5.41) is 36.4. The Labute approximate surface area is 696 Å². The molecule has 13 heteroatoms. The number of aromatic nitrogens is 6. The van der Waals surface area contributed by atoms with Crippen molar-refractivity contribution >= 4 is 82.8 Å². The average molecular weight is 1710 g/mol. The number of rotatable bonds is 18. The van der Waals surface area contributed by atoms with Crippen LogP contribution in [0.2, 0.25) is 0 Å². The molecule has 1 radical (unpaired) electrons. The van der Waals surface area contributed by atoms with E-state index in [-0.39, 0.29) is 54.7 Å². The number of carbonyl (C=O) groups excluding carboxylic acids is 3. The van der Waals surface area contributed by atoms with Gasteiger partial charge in [-0.1, -0.05) is 291 Å². The van der Waals surface area contributed by atoms with E-state index < -0.39 is 17.8 Å². The van der Waals surface area contributed by atoms with Gasteiger partial charge in [0.2, 0.25) is 0 Å². The van der Waals surface area contributed by atoms with Crippen LogP contribution in [0.4, 0.5) is 0 Å². The second-order valence-electron chi connectivity index (χ2n) is 28.7. The Morgan fingerprint density at radius 2 is 0.356 bits per heavy atom. The van der Waals surface area contributed by atoms with Gasteiger partial charge in [-0.15, -0.1) is 0 Å². The average Bonchev–Trinajstić information content (AvgIpc) is 0.760. The van der Waals surface area contributed by atoms with Gasteiger partial charge in [0.1, 0.15) is 17.8 Å². The number of nitrogens with zero attached hydrogens (tertiary/aromatic N) is 6. The van der Waals surface area contributed by atoms with Gasteiger partial charge < -0.3 is 15.3 Å². The monoisotopic (exact) mass is 1710 g/mol. The predicted octanol–water partition coefficient (Wildman–Crippen LogP) is 24.8. The van der Waals surface area contributed by atoms with Crippen molar-refractivity contribution in [3.05, 3.63) is 434 Å². The van der Waals surface area contributed by atoms with E-state index in [2.05, 4.69) is 36.4 Å². The molecule has 0 spiro atoms. The van der Waals surface area contributed by atoms with Crippen molar-refractivity contribution in [2.45, 2.75) is 38.5 Å². The topological polar surface area (TPSA) is 189 Å². The first-order chi connectivity index (χ1) is 57.2. The van der Waals surface area contributed by atoms with Crippen LogP contribution in [0.15, 0.2) is 399 Å². The smallest absolute Gasteiger partial charge is 0.174 e. The first kappa shape index (κ1) is 78.6. The summed E-state index contributed by atoms with van der Waals surface area (Å²) in [6, 6.07) is 120. The van der Waals surface area contributed by atoms with E-state index in [1.807, 2.05) is 328 Å². The normalized spacial score (nSPS) is 11.7. The summed E-state index contributed by atoms with van der Waals surface area (Å²) in [5.41, 5.74) is 19.2. The van der Waals surface area contributed by atoms with Crippen LogP contribution in [0.25, 0.3) is 132 Å². The van der Waals surface area contributed by atoms with Gasteiger partial charge in [0, 0.05) is 104 Å². The molecule has 3 N–H and O–H groups in total. The number of hydrogen-bond donors (Lipinski definition) is 3. The molecule has 0 amide bonds. The van der Waals surface area contributed by atoms with Gasteiger partial charge in [0.25, 0.3) is 0 Å². The number of para-hydroxylation sites is 6. The van der Waals surface area contributed by atoms with Crippen molar-refractivity contribution in [3.63, 3.8) is 0 Å². The summed E-state index contributed by atoms with van der Waals surface area (Å²) in [4.78, 5) is 72.8. The van der Waals surface area contributed by atoms with Crippen LogP contribution in [0.3, 0.4) is 0 Å². The number of carbonyl (C=O) groups is 3. The molecule has 0 aliphatic heterocycles. The quantitative estimate of drug-likeness (QED) is 0.0545. The second kappa shape index (κ2) is 35.8. The molecule has 0 saturated heterocycles. The van der Waals surface area contributed by atoms with Crippen LogP contribution in [0.1, 0.15) is 72.7 Å². The fraction of sp³-hybridized carbons (Fsp3) is 0.0571. The summed E-state index contributed by atoms with van der Waals surface area (Å²) in [6.07, 6.45) is 3.84. The molecular weight excluding hydrogens is 1630 g/mol. The van der Waals surface area contributed by atoms with Gasteiger partial charge in [-0.2, -0.15) is 0 Å². The molecule has 0 bridgehead atoms. The molecule has 118 heavy (non-hydrogen) atoms. The maximum absolute atomic E-state index is 14.1. The van der Waals surface area contributed by atoms with Crippen molar-refractivity contribution < 1.29 is 49.8 Å². The third-order valence-corrected chi connectivity index (χ3v) is 20.6. The molecule has 6 aromatic heterocycles. The third-order valence-electron chi connectivity index (χ3n) is 20.6. The van der Waals surface area contributed by atoms with Crippen LogP contribution in [0, 0.1) is 0 Å². The maximum atomic E-state index is 14.1. The van der Waals surface area contributed by atoms with E-state index in [1.165, 1.54) is 39.0 Å². The standard InChI is InChI=1S/3C35H26N2O2.Ir/c3*1-23(38)20-32(39)33(34-28(24-12-4-2-5-13-24)21-26-16-8-10-18-30(26)36-34)35-29(25-14-6-3-7-15-25)22-27-17-9-11-19-31(27)37-35;/h3*2-22,33,38H,1H3;/b3*23-20-;. The molecular formula is C105H78IrN6O6. The first-order valence-corrected chi connectivity index (χ1v) is 38.7. The number of hydrogen-bond acceptors (Lipinski definition) is 12. The van der Waals surface area contributed by atoms with E-state index in [0.29, 0.717) is 34.2 Å². The summed E-state index contributed by atoms with van der Waals surface area (Å²) in [6.45, 7) is 4.52. The van der Waals surface area contributed by atoms with Crippen molar-refractivity contribution in [3.8, 4) is 66.8 Å². The number of pyridine rings is 6. The van der Waals surface area contributed by atoms with E-state index in [1.54, 1.807) is 0 Å². The van der Waals surface area contributed by atoms with Crippen molar-refractivity contribution in [1.82, 2.24) is 29.9 Å². The Morgan fingerprint density at radius 1 is 0.220 bits per heavy atom. The number of aliphatic hydroxyl groups excluding tert-OH is 3. The fourth-order valence-electron chi connectivity index (χ4n) is 15.3. The Balaban J connectivity index is 0.000000138. The minimum atomic E-state index is -0.855. The van der Waals surface area contributed by atoms with E-state index >= 15 is 0 Å². The molecule has 12 nitrogen and oxygen atoms in total. The zero-order chi connectivity index (χ0) is 80.3. The minimum Gasteiger partial charge on any atom is -0.512 e. The van der Waals surface area contributed by atoms with Gasteiger partial charge in [0.15, 0.2) is 17.3 Å². The van der Waals surface area contributed by atoms with Gasteiger partial charge in [-0.05, 0) is 127 Å². The Hall–Kier alpha value is -14.6. The summed E-state index contributed by atoms with van der Waals surface area (Å²) < 4.78 is 0. The molecule has 18 rings (SSSR count). The number of benzene rings is 12. The number of aliphatic hydroxyl groups is 3. The van der Waals surface area contributed by atoms with Crippen molar-refractivity contribution in [1.29, 1.82) is 0 Å². The van der Waals surface area contributed by atoms with Crippen LogP contribution in [0.5, 0.6) is 0 Å². The second-order valence-corrected chi connectivity index (χ2v) is 28.7. The Bertz CT molecular complexity index is 5820. The molecule has 18 aromatic rings. The van der Waals surface area contributed by atoms with E-state index in [9.17, 15) is 29.7 Å². The van der Waals surface area contributed by atoms with E-state index in [0.717, 1.165) is 132 Å². The third kappa shape index (κ3) is 17.2. The zero-order valence-corrected chi connectivity index (χ0v) is 67.1. The van der Waals surface area contributed by atoms with E-state index in [4.69, 9.17) is 29.9 Å². The number of ketones is 3. The van der Waals surface area contributed by atoms with Crippen LogP contribution >= 0.6 is 0 Å². The molecule has 0 saturated carbocycles. The predicted molar refractivity (Wildman–Crippen MR) is 473 cm³/mol. The summed E-state index contributed by atoms with van der Waals surface area (Å²) in [5.74, 6) is -3.60. The summed E-state index contributed by atoms with van der Waals surface area (Å²) in [7, 11) is 0. The SMILES string of the molecule is C/C(O)=C/C(=O)C(c1nc2ccccc2cc1-c1ccccc1)c1nc2ccccc2cc1-c1ccccc1.C/C(O)=C/C(=O)C(c1nc2ccccc2cc1-c1ccccc1)c1nc2ccccc2cc1-c1ccccc1.C/C(O)=C/C(=O)C(c1nc2ccccc2cc1-c1ccccc1)c1nc2ccccc2cc1-c1ccccc1.[Ir]. The Morgan fingerprint density at radius 3 is 0.500 bits per heavy atom. The number of fused-ring (bicyclic) bond motifs is 6. The fourth-order valence-corrected chi connectivity index (χ4v) is 15.3. The van der Waals surface area contributed by atoms with Crippen LogP contribution in [-0.2, 0) is 34.5 Å². The Kier molecular flexibility index (Phi) is 23.9.